The molecule has 2 nitrogen and oxygen atoms in total. The lowest BCUT2D eigenvalue weighted by atomic mass is 9.69. The van der Waals surface area contributed by atoms with Crippen molar-refractivity contribution in [1.29, 1.82) is 5.41 Å². The maximum absolute atomic E-state index is 8.05. The Balaban J connectivity index is 2.28. The van der Waals surface area contributed by atoms with E-state index in [4.69, 9.17) is 11.1 Å². The summed E-state index contributed by atoms with van der Waals surface area (Å²) in [5.74, 6) is 0.123. The van der Waals surface area contributed by atoms with Gasteiger partial charge in [0, 0.05) is 11.0 Å². The molecule has 0 saturated carbocycles. The summed E-state index contributed by atoms with van der Waals surface area (Å²) in [7, 11) is 0. The average molecular weight is 316 g/mol. The number of allylic oxidation sites excluding steroid dienone is 4. The quantitative estimate of drug-likeness (QED) is 0.578. The number of nitrogens with two attached hydrogens (primary N) is 1. The van der Waals surface area contributed by atoms with Gasteiger partial charge in [0.25, 0.3) is 0 Å². The van der Waals surface area contributed by atoms with Crippen molar-refractivity contribution in [1.82, 2.24) is 0 Å². The lowest BCUT2D eigenvalue weighted by Gasteiger charge is -2.34. The molecule has 3 N–H and O–H groups in total. The Kier molecular flexibility index (Phi) is 4.66. The van der Waals surface area contributed by atoms with Gasteiger partial charge in [-0.1, -0.05) is 86.2 Å². The molecule has 0 aromatic heterocycles. The molecule has 1 aliphatic rings. The Morgan fingerprint density at radius 3 is 2.50 bits per heavy atom. The van der Waals surface area contributed by atoms with Crippen molar-refractivity contribution in [2.75, 3.05) is 0 Å². The fraction of sp³-hybridized carbons (Fsp3) is 0.227. The van der Waals surface area contributed by atoms with E-state index in [2.05, 4.69) is 49.4 Å². The number of hydrogen-bond donors (Lipinski definition) is 2. The Hall–Kier alpha value is -2.61. The van der Waals surface area contributed by atoms with Gasteiger partial charge in [0.1, 0.15) is 5.84 Å². The van der Waals surface area contributed by atoms with E-state index in [1.807, 2.05) is 30.3 Å². The van der Waals surface area contributed by atoms with Gasteiger partial charge in [0.2, 0.25) is 0 Å². The smallest absolute Gasteiger partial charge is 0.123 e. The van der Waals surface area contributed by atoms with Crippen molar-refractivity contribution in [3.05, 3.63) is 84.0 Å². The van der Waals surface area contributed by atoms with Crippen molar-refractivity contribution < 1.29 is 0 Å². The van der Waals surface area contributed by atoms with Crippen LogP contribution in [0, 0.1) is 5.41 Å². The standard InChI is InChI=1S/C22H24N2/c1-2-14-22(15-7-4-8-16-22)19-13-9-12-18(21(23)24)20(19)17-10-5-3-6-11-17/h3-13,15H,2,14,16H2,1H3,(H3,23,24). The van der Waals surface area contributed by atoms with Gasteiger partial charge in [0.15, 0.2) is 0 Å². The first kappa shape index (κ1) is 16.3. The van der Waals surface area contributed by atoms with Gasteiger partial charge in [-0.3, -0.25) is 5.41 Å². The van der Waals surface area contributed by atoms with Crippen molar-refractivity contribution in [2.24, 2.45) is 5.73 Å². The normalized spacial score (nSPS) is 19.4. The summed E-state index contributed by atoms with van der Waals surface area (Å²) >= 11 is 0. The first-order valence-electron chi connectivity index (χ1n) is 8.55. The molecule has 122 valence electrons. The van der Waals surface area contributed by atoms with E-state index in [1.165, 1.54) is 5.56 Å². The second-order valence-corrected chi connectivity index (χ2v) is 6.41. The maximum Gasteiger partial charge on any atom is 0.123 e. The van der Waals surface area contributed by atoms with Gasteiger partial charge >= 0.3 is 0 Å². The van der Waals surface area contributed by atoms with Crippen LogP contribution in [0.25, 0.3) is 11.1 Å². The summed E-state index contributed by atoms with van der Waals surface area (Å²) in [6.07, 6.45) is 12.0. The van der Waals surface area contributed by atoms with E-state index in [0.717, 1.165) is 36.0 Å². The van der Waals surface area contributed by atoms with Gasteiger partial charge in [-0.05, 0) is 29.5 Å². The Bertz CT molecular complexity index is 787. The molecule has 24 heavy (non-hydrogen) atoms. The molecule has 3 rings (SSSR count). The van der Waals surface area contributed by atoms with Crippen LogP contribution in [0.4, 0.5) is 0 Å². The molecule has 0 fully saturated rings. The highest BCUT2D eigenvalue weighted by Crippen LogP contribution is 2.43. The molecule has 0 bridgehead atoms. The average Bonchev–Trinajstić information content (AvgIpc) is 2.63. The van der Waals surface area contributed by atoms with Gasteiger partial charge in [0.05, 0.1) is 0 Å². The van der Waals surface area contributed by atoms with Crippen LogP contribution in [-0.2, 0) is 5.41 Å². The molecular weight excluding hydrogens is 292 g/mol. The number of nitrogens with one attached hydrogen (secondary N) is 1. The molecule has 0 amide bonds. The molecule has 2 aromatic rings. The third-order valence-electron chi connectivity index (χ3n) is 4.79. The fourth-order valence-electron chi connectivity index (χ4n) is 3.74. The minimum atomic E-state index is -0.0276. The van der Waals surface area contributed by atoms with Crippen LogP contribution >= 0.6 is 0 Å². The molecule has 0 radical (unpaired) electrons. The van der Waals surface area contributed by atoms with Gasteiger partial charge < -0.3 is 5.73 Å². The monoisotopic (exact) mass is 316 g/mol. The van der Waals surface area contributed by atoms with E-state index < -0.39 is 0 Å². The molecule has 1 atom stereocenters. The van der Waals surface area contributed by atoms with Gasteiger partial charge in [-0.2, -0.15) is 0 Å². The second kappa shape index (κ2) is 6.88. The van der Waals surface area contributed by atoms with Crippen LogP contribution < -0.4 is 5.73 Å². The van der Waals surface area contributed by atoms with Gasteiger partial charge in [-0.15, -0.1) is 0 Å². The first-order chi connectivity index (χ1) is 11.7. The minimum absolute atomic E-state index is 0.0276. The van der Waals surface area contributed by atoms with Crippen molar-refractivity contribution >= 4 is 5.84 Å². The third kappa shape index (κ3) is 2.92. The molecule has 1 unspecified atom stereocenters. The molecule has 0 spiro atoms. The van der Waals surface area contributed by atoms with Crippen LogP contribution in [0.3, 0.4) is 0 Å². The van der Waals surface area contributed by atoms with Crippen LogP contribution in [-0.4, -0.2) is 5.84 Å². The summed E-state index contributed by atoms with van der Waals surface area (Å²) in [6.45, 7) is 2.23. The van der Waals surface area contributed by atoms with E-state index in [9.17, 15) is 0 Å². The summed E-state index contributed by atoms with van der Waals surface area (Å²) in [5.41, 5.74) is 10.2. The fourth-order valence-corrected chi connectivity index (χ4v) is 3.74. The van der Waals surface area contributed by atoms with Crippen molar-refractivity contribution in [2.45, 2.75) is 31.6 Å². The zero-order valence-electron chi connectivity index (χ0n) is 14.1. The lowest BCUT2D eigenvalue weighted by molar-refractivity contribution is 0.486. The molecule has 1 aliphatic carbocycles. The number of nitrogen functional groups attached to an aromatic ring is 1. The van der Waals surface area contributed by atoms with Crippen LogP contribution in [0.2, 0.25) is 0 Å². The highest BCUT2D eigenvalue weighted by molar-refractivity contribution is 6.02. The Morgan fingerprint density at radius 2 is 1.88 bits per heavy atom. The largest absolute Gasteiger partial charge is 0.384 e. The van der Waals surface area contributed by atoms with Gasteiger partial charge in [-0.25, -0.2) is 0 Å². The minimum Gasteiger partial charge on any atom is -0.384 e. The molecule has 0 aliphatic heterocycles. The van der Waals surface area contributed by atoms with Crippen LogP contribution in [0.15, 0.2) is 72.8 Å². The summed E-state index contributed by atoms with van der Waals surface area (Å²) in [5, 5.41) is 8.05. The Morgan fingerprint density at radius 1 is 1.08 bits per heavy atom. The second-order valence-electron chi connectivity index (χ2n) is 6.41. The third-order valence-corrected chi connectivity index (χ3v) is 4.79. The van der Waals surface area contributed by atoms with Crippen molar-refractivity contribution in [3.8, 4) is 11.1 Å². The SMILES string of the molecule is CCCC1(c2cccc(C(=N)N)c2-c2ccccc2)C=CC=CC1. The molecule has 0 heterocycles. The number of benzene rings is 2. The number of hydrogen-bond acceptors (Lipinski definition) is 1. The topological polar surface area (TPSA) is 49.9 Å². The molecule has 2 aromatic carbocycles. The van der Waals surface area contributed by atoms with E-state index in [-0.39, 0.29) is 11.3 Å². The van der Waals surface area contributed by atoms with E-state index in [1.54, 1.807) is 0 Å². The summed E-state index contributed by atoms with van der Waals surface area (Å²) in [4.78, 5) is 0. The zero-order chi connectivity index (χ0) is 17.0. The van der Waals surface area contributed by atoms with Crippen LogP contribution in [0.1, 0.15) is 37.3 Å². The Labute approximate surface area is 144 Å². The first-order valence-corrected chi connectivity index (χ1v) is 8.55. The van der Waals surface area contributed by atoms with E-state index in [0.29, 0.717) is 0 Å². The predicted molar refractivity (Wildman–Crippen MR) is 102 cm³/mol. The summed E-state index contributed by atoms with van der Waals surface area (Å²) in [6, 6.07) is 16.5. The molecule has 2 heteroatoms. The number of amidine groups is 1. The predicted octanol–water partition coefficient (Wildman–Crippen LogP) is 5.19. The molecule has 0 saturated heterocycles. The summed E-state index contributed by atoms with van der Waals surface area (Å²) < 4.78 is 0. The van der Waals surface area contributed by atoms with Crippen molar-refractivity contribution in [3.63, 3.8) is 0 Å². The molecular formula is C22H24N2. The zero-order valence-corrected chi connectivity index (χ0v) is 14.1. The highest BCUT2D eigenvalue weighted by atomic mass is 14.7. The van der Waals surface area contributed by atoms with E-state index >= 15 is 0 Å². The lowest BCUT2D eigenvalue weighted by Crippen LogP contribution is -2.26. The maximum atomic E-state index is 8.05. The van der Waals surface area contributed by atoms with Crippen LogP contribution in [0.5, 0.6) is 0 Å². The highest BCUT2D eigenvalue weighted by Gasteiger charge is 2.32. The number of rotatable bonds is 5.